The van der Waals surface area contributed by atoms with Gasteiger partial charge in [0.15, 0.2) is 0 Å². The van der Waals surface area contributed by atoms with E-state index in [2.05, 4.69) is 15.5 Å². The molecule has 3 rings (SSSR count). The van der Waals surface area contributed by atoms with Crippen LogP contribution >= 0.6 is 11.6 Å². The first-order chi connectivity index (χ1) is 13.7. The standard InChI is InChI=1S/C19H25ClN4O4S/c1-4-12(2)21-19(25)14-7-9-24(10-8-14)29(26,27)17-11-15(5-6-16(17)20)18-22-13(3)28-23-18/h5-6,11-12,14H,4,7-10H2,1-3H3,(H,21,25)/t12-/m1/s1. The molecule has 0 saturated carbocycles. The molecule has 0 spiro atoms. The second-order valence-corrected chi connectivity index (χ2v) is 9.59. The van der Waals surface area contributed by atoms with E-state index in [1.54, 1.807) is 13.0 Å². The number of aromatic nitrogens is 2. The first-order valence-corrected chi connectivity index (χ1v) is 11.4. The van der Waals surface area contributed by atoms with Crippen LogP contribution in [-0.2, 0) is 14.8 Å². The molecule has 0 unspecified atom stereocenters. The summed E-state index contributed by atoms with van der Waals surface area (Å²) in [7, 11) is -3.81. The van der Waals surface area contributed by atoms with Crippen LogP contribution in [0.5, 0.6) is 0 Å². The predicted molar refractivity (Wildman–Crippen MR) is 109 cm³/mol. The van der Waals surface area contributed by atoms with Crippen molar-refractivity contribution in [2.24, 2.45) is 5.92 Å². The molecule has 1 aromatic heterocycles. The average Bonchev–Trinajstić information content (AvgIpc) is 3.14. The van der Waals surface area contributed by atoms with E-state index >= 15 is 0 Å². The monoisotopic (exact) mass is 440 g/mol. The Bertz CT molecular complexity index is 984. The lowest BCUT2D eigenvalue weighted by Gasteiger charge is -2.31. The van der Waals surface area contributed by atoms with Gasteiger partial charge < -0.3 is 9.84 Å². The van der Waals surface area contributed by atoms with E-state index in [4.69, 9.17) is 16.1 Å². The molecule has 1 N–H and O–H groups in total. The Morgan fingerprint density at radius 1 is 1.38 bits per heavy atom. The Kier molecular flexibility index (Phi) is 6.60. The molecule has 29 heavy (non-hydrogen) atoms. The molecule has 1 fully saturated rings. The van der Waals surface area contributed by atoms with E-state index in [9.17, 15) is 13.2 Å². The number of hydrogen-bond donors (Lipinski definition) is 1. The molecule has 1 aromatic carbocycles. The lowest BCUT2D eigenvalue weighted by atomic mass is 9.97. The fourth-order valence-electron chi connectivity index (χ4n) is 3.22. The summed E-state index contributed by atoms with van der Waals surface area (Å²) in [6.07, 6.45) is 1.80. The highest BCUT2D eigenvalue weighted by atomic mass is 35.5. The number of piperidine rings is 1. The van der Waals surface area contributed by atoms with Crippen LogP contribution in [0, 0.1) is 12.8 Å². The van der Waals surface area contributed by atoms with Gasteiger partial charge in [-0.1, -0.05) is 23.7 Å². The molecule has 1 atom stereocenters. The highest BCUT2D eigenvalue weighted by molar-refractivity contribution is 7.89. The van der Waals surface area contributed by atoms with Gasteiger partial charge in [0.05, 0.1) is 5.02 Å². The quantitative estimate of drug-likeness (QED) is 0.740. The van der Waals surface area contributed by atoms with Crippen molar-refractivity contribution < 1.29 is 17.7 Å². The largest absolute Gasteiger partial charge is 0.353 e. The van der Waals surface area contributed by atoms with E-state index in [1.165, 1.54) is 16.4 Å². The van der Waals surface area contributed by atoms with Crippen molar-refractivity contribution in [3.63, 3.8) is 0 Å². The number of aryl methyl sites for hydroxylation is 1. The van der Waals surface area contributed by atoms with Crippen molar-refractivity contribution in [3.05, 3.63) is 29.1 Å². The number of amides is 1. The molecule has 1 aliphatic heterocycles. The molecule has 158 valence electrons. The van der Waals surface area contributed by atoms with Crippen molar-refractivity contribution in [2.75, 3.05) is 13.1 Å². The number of carbonyl (C=O) groups is 1. The smallest absolute Gasteiger partial charge is 0.244 e. The number of nitrogens with zero attached hydrogens (tertiary/aromatic N) is 3. The van der Waals surface area contributed by atoms with Crippen LogP contribution in [0.15, 0.2) is 27.6 Å². The van der Waals surface area contributed by atoms with Gasteiger partial charge in [-0.05, 0) is 44.4 Å². The van der Waals surface area contributed by atoms with Crippen molar-refractivity contribution in [1.29, 1.82) is 0 Å². The van der Waals surface area contributed by atoms with Crippen LogP contribution in [0.4, 0.5) is 0 Å². The van der Waals surface area contributed by atoms with Crippen molar-refractivity contribution in [2.45, 2.75) is 51.0 Å². The third-order valence-electron chi connectivity index (χ3n) is 5.16. The maximum Gasteiger partial charge on any atom is 0.244 e. The maximum atomic E-state index is 13.2. The maximum absolute atomic E-state index is 13.2. The van der Waals surface area contributed by atoms with Gasteiger partial charge in [0.25, 0.3) is 0 Å². The van der Waals surface area contributed by atoms with Gasteiger partial charge in [-0.3, -0.25) is 4.79 Å². The van der Waals surface area contributed by atoms with E-state index in [0.29, 0.717) is 30.1 Å². The number of carbonyl (C=O) groups excluding carboxylic acids is 1. The van der Waals surface area contributed by atoms with E-state index in [-0.39, 0.29) is 40.9 Å². The van der Waals surface area contributed by atoms with Crippen LogP contribution in [0.25, 0.3) is 11.4 Å². The number of halogens is 1. The third kappa shape index (κ3) is 4.79. The summed E-state index contributed by atoms with van der Waals surface area (Å²) >= 11 is 6.21. The number of hydrogen-bond acceptors (Lipinski definition) is 6. The van der Waals surface area contributed by atoms with Crippen molar-refractivity contribution in [3.8, 4) is 11.4 Å². The Balaban J connectivity index is 1.76. The summed E-state index contributed by atoms with van der Waals surface area (Å²) in [5.41, 5.74) is 0.507. The number of nitrogens with one attached hydrogen (secondary N) is 1. The second-order valence-electron chi connectivity index (χ2n) is 7.28. The molecule has 1 amide bonds. The number of rotatable bonds is 6. The fourth-order valence-corrected chi connectivity index (χ4v) is 5.19. The lowest BCUT2D eigenvalue weighted by Crippen LogP contribution is -2.44. The summed E-state index contributed by atoms with van der Waals surface area (Å²) in [6.45, 7) is 6.16. The van der Waals surface area contributed by atoms with E-state index < -0.39 is 10.0 Å². The van der Waals surface area contributed by atoms with Crippen molar-refractivity contribution in [1.82, 2.24) is 19.8 Å². The van der Waals surface area contributed by atoms with Gasteiger partial charge in [-0.15, -0.1) is 0 Å². The molecule has 1 saturated heterocycles. The van der Waals surface area contributed by atoms with Gasteiger partial charge in [0.1, 0.15) is 4.90 Å². The van der Waals surface area contributed by atoms with Gasteiger partial charge in [-0.2, -0.15) is 9.29 Å². The molecule has 2 heterocycles. The summed E-state index contributed by atoms with van der Waals surface area (Å²) < 4.78 is 32.7. The Labute approximate surface area is 175 Å². The summed E-state index contributed by atoms with van der Waals surface area (Å²) in [6, 6.07) is 4.74. The zero-order valence-electron chi connectivity index (χ0n) is 16.7. The Hall–Kier alpha value is -1.97. The van der Waals surface area contributed by atoms with Crippen LogP contribution in [0.2, 0.25) is 5.02 Å². The normalized spacial score (nSPS) is 17.2. The minimum atomic E-state index is -3.81. The molecular weight excluding hydrogens is 416 g/mol. The molecule has 2 aromatic rings. The van der Waals surface area contributed by atoms with E-state index in [1.807, 2.05) is 13.8 Å². The topological polar surface area (TPSA) is 105 Å². The average molecular weight is 441 g/mol. The van der Waals surface area contributed by atoms with Crippen molar-refractivity contribution >= 4 is 27.5 Å². The summed E-state index contributed by atoms with van der Waals surface area (Å²) in [4.78, 5) is 16.5. The first kappa shape index (κ1) is 21.7. The van der Waals surface area contributed by atoms with Crippen LogP contribution in [-0.4, -0.2) is 47.9 Å². The molecule has 8 nitrogen and oxygen atoms in total. The second kappa shape index (κ2) is 8.81. The Morgan fingerprint density at radius 2 is 2.07 bits per heavy atom. The Morgan fingerprint density at radius 3 is 2.66 bits per heavy atom. The first-order valence-electron chi connectivity index (χ1n) is 9.63. The summed E-state index contributed by atoms with van der Waals surface area (Å²) in [5, 5.41) is 6.93. The van der Waals surface area contributed by atoms with Gasteiger partial charge in [0, 0.05) is 37.5 Å². The predicted octanol–water partition coefficient (Wildman–Crippen LogP) is 3.01. The van der Waals surface area contributed by atoms with Gasteiger partial charge >= 0.3 is 0 Å². The highest BCUT2D eigenvalue weighted by Gasteiger charge is 2.33. The van der Waals surface area contributed by atoms with E-state index in [0.717, 1.165) is 6.42 Å². The molecule has 1 aliphatic rings. The van der Waals surface area contributed by atoms with Gasteiger partial charge in [-0.25, -0.2) is 8.42 Å². The lowest BCUT2D eigenvalue weighted by molar-refractivity contribution is -0.126. The zero-order valence-corrected chi connectivity index (χ0v) is 18.3. The number of benzene rings is 1. The highest BCUT2D eigenvalue weighted by Crippen LogP contribution is 2.31. The van der Waals surface area contributed by atoms with Gasteiger partial charge in [0.2, 0.25) is 27.6 Å². The molecule has 0 radical (unpaired) electrons. The molecule has 0 bridgehead atoms. The molecule has 10 heteroatoms. The molecule has 0 aliphatic carbocycles. The summed E-state index contributed by atoms with van der Waals surface area (Å²) in [5.74, 6) is 0.497. The SMILES string of the molecule is CC[C@@H](C)NC(=O)C1CCN(S(=O)(=O)c2cc(-c3noc(C)n3)ccc2Cl)CC1. The third-order valence-corrected chi connectivity index (χ3v) is 7.54. The minimum absolute atomic E-state index is 0.00151. The molecular formula is C19H25ClN4O4S. The zero-order chi connectivity index (χ0) is 21.2. The van der Waals surface area contributed by atoms with Crippen LogP contribution < -0.4 is 5.32 Å². The van der Waals surface area contributed by atoms with Crippen LogP contribution in [0.1, 0.15) is 39.0 Å². The van der Waals surface area contributed by atoms with Crippen LogP contribution in [0.3, 0.4) is 0 Å². The number of sulfonamides is 1. The minimum Gasteiger partial charge on any atom is -0.353 e. The fraction of sp³-hybridized carbons (Fsp3) is 0.526.